The van der Waals surface area contributed by atoms with Crippen LogP contribution in [0.4, 0.5) is 17.1 Å². The molecular weight excluding hydrogens is 410 g/mol. The minimum atomic E-state index is -0.260. The van der Waals surface area contributed by atoms with Crippen LogP contribution in [0.5, 0.6) is 0 Å². The van der Waals surface area contributed by atoms with Gasteiger partial charge in [-0.05, 0) is 55.6 Å². The number of carbonyl (C=O) groups excluding carboxylic acids is 2. The molecule has 1 aromatic heterocycles. The number of benzene rings is 2. The summed E-state index contributed by atoms with van der Waals surface area (Å²) in [5.74, 6) is -0.396. The Bertz CT molecular complexity index is 1050. The van der Waals surface area contributed by atoms with Gasteiger partial charge in [-0.25, -0.2) is 4.98 Å². The van der Waals surface area contributed by atoms with Crippen molar-refractivity contribution in [3.8, 4) is 10.6 Å². The highest BCUT2D eigenvalue weighted by molar-refractivity contribution is 7.13. The lowest BCUT2D eigenvalue weighted by Crippen LogP contribution is -2.44. The maximum Gasteiger partial charge on any atom is 0.275 e. The predicted octanol–water partition coefficient (Wildman–Crippen LogP) is 3.77. The molecule has 0 spiro atoms. The number of rotatable bonds is 5. The summed E-state index contributed by atoms with van der Waals surface area (Å²) < 4.78 is 0. The number of aromatic nitrogens is 1. The van der Waals surface area contributed by atoms with Crippen LogP contribution in [-0.2, 0) is 4.79 Å². The van der Waals surface area contributed by atoms with Crippen molar-refractivity contribution in [2.75, 3.05) is 48.8 Å². The Morgan fingerprint density at radius 1 is 0.903 bits per heavy atom. The Hall–Kier alpha value is -3.23. The fraction of sp³-hybridized carbons (Fsp3) is 0.261. The van der Waals surface area contributed by atoms with Crippen molar-refractivity contribution in [1.29, 1.82) is 0 Å². The highest BCUT2D eigenvalue weighted by Crippen LogP contribution is 2.27. The van der Waals surface area contributed by atoms with Crippen LogP contribution in [0.25, 0.3) is 10.6 Å². The van der Waals surface area contributed by atoms with Gasteiger partial charge in [-0.2, -0.15) is 0 Å². The average molecular weight is 436 g/mol. The molecule has 8 heteroatoms. The fourth-order valence-corrected chi connectivity index (χ4v) is 4.23. The van der Waals surface area contributed by atoms with E-state index < -0.39 is 0 Å². The first-order chi connectivity index (χ1) is 15.0. The number of hydrogen-bond acceptors (Lipinski definition) is 6. The summed E-state index contributed by atoms with van der Waals surface area (Å²) in [6.07, 6.45) is 0. The average Bonchev–Trinajstić information content (AvgIpc) is 3.26. The van der Waals surface area contributed by atoms with Crippen molar-refractivity contribution in [1.82, 2.24) is 9.88 Å². The molecule has 0 saturated carbocycles. The van der Waals surface area contributed by atoms with Crippen molar-refractivity contribution >= 4 is 40.2 Å². The number of piperazine rings is 1. The highest BCUT2D eigenvalue weighted by Gasteiger charge is 2.15. The molecule has 160 valence electrons. The molecule has 0 bridgehead atoms. The highest BCUT2D eigenvalue weighted by atomic mass is 32.1. The summed E-state index contributed by atoms with van der Waals surface area (Å²) in [7, 11) is 2.15. The summed E-state index contributed by atoms with van der Waals surface area (Å²) in [6, 6.07) is 15.3. The summed E-state index contributed by atoms with van der Waals surface area (Å²) in [5.41, 5.74) is 3.93. The van der Waals surface area contributed by atoms with E-state index >= 15 is 0 Å². The molecule has 31 heavy (non-hydrogen) atoms. The van der Waals surface area contributed by atoms with Gasteiger partial charge in [-0.1, -0.05) is 0 Å². The first-order valence-electron chi connectivity index (χ1n) is 10.2. The number of likely N-dealkylation sites (N-methyl/N-ethyl adjacent to an activating group) is 1. The van der Waals surface area contributed by atoms with E-state index in [1.165, 1.54) is 23.9 Å². The van der Waals surface area contributed by atoms with Crippen molar-refractivity contribution < 1.29 is 9.59 Å². The third-order valence-corrected chi connectivity index (χ3v) is 6.07. The second-order valence-electron chi connectivity index (χ2n) is 7.59. The molecule has 0 aliphatic carbocycles. The van der Waals surface area contributed by atoms with Gasteiger partial charge < -0.3 is 20.4 Å². The summed E-state index contributed by atoms with van der Waals surface area (Å²) in [6.45, 7) is 5.66. The first-order valence-corrected chi connectivity index (χ1v) is 11.0. The number of thiazole rings is 1. The van der Waals surface area contributed by atoms with E-state index in [4.69, 9.17) is 0 Å². The number of nitrogens with one attached hydrogen (secondary N) is 2. The third kappa shape index (κ3) is 5.28. The molecule has 0 radical (unpaired) electrons. The second-order valence-corrected chi connectivity index (χ2v) is 8.45. The fourth-order valence-electron chi connectivity index (χ4n) is 3.43. The zero-order valence-corrected chi connectivity index (χ0v) is 18.4. The zero-order valence-electron chi connectivity index (χ0n) is 17.6. The van der Waals surface area contributed by atoms with Crippen LogP contribution in [0.2, 0.25) is 0 Å². The number of anilines is 3. The van der Waals surface area contributed by atoms with Gasteiger partial charge in [0.05, 0.1) is 0 Å². The zero-order chi connectivity index (χ0) is 21.8. The molecule has 1 fully saturated rings. The molecule has 3 aromatic rings. The Morgan fingerprint density at radius 2 is 1.52 bits per heavy atom. The first kappa shape index (κ1) is 21.0. The normalized spacial score (nSPS) is 14.3. The molecule has 1 aliphatic heterocycles. The SMILES string of the molecule is CC(=O)Nc1ccc(NC(=O)c2csc(-c3ccc(N4CCN(C)CC4)cc3)n2)cc1. The third-order valence-electron chi connectivity index (χ3n) is 5.18. The number of amides is 2. The molecule has 1 saturated heterocycles. The van der Waals surface area contributed by atoms with E-state index in [0.717, 1.165) is 36.8 Å². The second kappa shape index (κ2) is 9.28. The largest absolute Gasteiger partial charge is 0.369 e. The van der Waals surface area contributed by atoms with E-state index in [9.17, 15) is 9.59 Å². The van der Waals surface area contributed by atoms with Crippen molar-refractivity contribution in [3.63, 3.8) is 0 Å². The summed E-state index contributed by atoms with van der Waals surface area (Å²) in [4.78, 5) is 32.9. The van der Waals surface area contributed by atoms with Crippen molar-refractivity contribution in [2.24, 2.45) is 0 Å². The minimum absolute atomic E-state index is 0.136. The lowest BCUT2D eigenvalue weighted by Gasteiger charge is -2.34. The molecule has 2 heterocycles. The quantitative estimate of drug-likeness (QED) is 0.638. The standard InChI is InChI=1S/C23H25N5O2S/c1-16(29)24-18-5-7-19(8-6-18)25-22(30)21-15-31-23(26-21)17-3-9-20(10-4-17)28-13-11-27(2)12-14-28/h3-10,15H,11-14H2,1-2H3,(H,24,29)(H,25,30). The summed E-state index contributed by atoms with van der Waals surface area (Å²) >= 11 is 1.45. The van der Waals surface area contributed by atoms with Gasteiger partial charge in [0.15, 0.2) is 0 Å². The van der Waals surface area contributed by atoms with Gasteiger partial charge in [0, 0.05) is 61.1 Å². The van der Waals surface area contributed by atoms with Crippen LogP contribution in [0.1, 0.15) is 17.4 Å². The predicted molar refractivity (Wildman–Crippen MR) is 126 cm³/mol. The number of hydrogen-bond donors (Lipinski definition) is 2. The van der Waals surface area contributed by atoms with E-state index in [0.29, 0.717) is 17.1 Å². The van der Waals surface area contributed by atoms with Crippen LogP contribution < -0.4 is 15.5 Å². The minimum Gasteiger partial charge on any atom is -0.369 e. The van der Waals surface area contributed by atoms with Crippen LogP contribution in [0, 0.1) is 0 Å². The van der Waals surface area contributed by atoms with Gasteiger partial charge in [-0.3, -0.25) is 9.59 Å². The van der Waals surface area contributed by atoms with E-state index in [2.05, 4.69) is 56.7 Å². The molecule has 1 aliphatic rings. The van der Waals surface area contributed by atoms with Crippen LogP contribution in [0.3, 0.4) is 0 Å². The topological polar surface area (TPSA) is 77.6 Å². The van der Waals surface area contributed by atoms with Gasteiger partial charge in [0.2, 0.25) is 5.91 Å². The van der Waals surface area contributed by atoms with E-state index in [-0.39, 0.29) is 11.8 Å². The Kier molecular flexibility index (Phi) is 6.29. The maximum atomic E-state index is 12.6. The van der Waals surface area contributed by atoms with Crippen molar-refractivity contribution in [2.45, 2.75) is 6.92 Å². The number of carbonyl (C=O) groups is 2. The smallest absolute Gasteiger partial charge is 0.275 e. The molecule has 2 amide bonds. The molecule has 7 nitrogen and oxygen atoms in total. The molecule has 2 N–H and O–H groups in total. The van der Waals surface area contributed by atoms with Crippen LogP contribution >= 0.6 is 11.3 Å². The molecule has 4 rings (SSSR count). The molecule has 0 atom stereocenters. The lowest BCUT2D eigenvalue weighted by molar-refractivity contribution is -0.114. The Labute approximate surface area is 185 Å². The van der Waals surface area contributed by atoms with Gasteiger partial charge in [-0.15, -0.1) is 11.3 Å². The molecule has 2 aromatic carbocycles. The van der Waals surface area contributed by atoms with E-state index in [1.807, 2.05) is 0 Å². The monoisotopic (exact) mass is 435 g/mol. The van der Waals surface area contributed by atoms with Crippen LogP contribution in [-0.4, -0.2) is 54.9 Å². The van der Waals surface area contributed by atoms with Gasteiger partial charge in [0.1, 0.15) is 10.7 Å². The van der Waals surface area contributed by atoms with Gasteiger partial charge in [0.25, 0.3) is 5.91 Å². The lowest BCUT2D eigenvalue weighted by atomic mass is 10.2. The number of nitrogens with zero attached hydrogens (tertiary/aromatic N) is 3. The summed E-state index contributed by atoms with van der Waals surface area (Å²) in [5, 5.41) is 8.12. The van der Waals surface area contributed by atoms with Crippen LogP contribution in [0.15, 0.2) is 53.9 Å². The van der Waals surface area contributed by atoms with E-state index in [1.54, 1.807) is 29.6 Å². The van der Waals surface area contributed by atoms with Gasteiger partial charge >= 0.3 is 0 Å². The Morgan fingerprint density at radius 3 is 2.13 bits per heavy atom. The van der Waals surface area contributed by atoms with Crippen molar-refractivity contribution in [3.05, 3.63) is 59.6 Å². The maximum absolute atomic E-state index is 12.6. The Balaban J connectivity index is 1.39. The molecular formula is C23H25N5O2S. The molecule has 0 unspecified atom stereocenters.